The minimum Gasteiger partial charge on any atom is -0.458 e. The fraction of sp³-hybridized carbons (Fsp3) is 0.118. The number of urea groups is 1. The third kappa shape index (κ3) is 3.56. The van der Waals surface area contributed by atoms with Gasteiger partial charge in [-0.3, -0.25) is 0 Å². The maximum Gasteiger partial charge on any atom is 0.319 e. The Morgan fingerprint density at radius 3 is 2.68 bits per heavy atom. The number of hydrogen-bond acceptors (Lipinski definition) is 3. The first kappa shape index (κ1) is 14.4. The fourth-order valence-electron chi connectivity index (χ4n) is 2.00. The van der Waals surface area contributed by atoms with E-state index in [1.165, 1.54) is 0 Å². The van der Waals surface area contributed by atoms with Crippen LogP contribution in [-0.4, -0.2) is 6.03 Å². The second kappa shape index (κ2) is 6.49. The van der Waals surface area contributed by atoms with Gasteiger partial charge in [0.1, 0.15) is 11.5 Å². The summed E-state index contributed by atoms with van der Waals surface area (Å²) in [6.45, 7) is 2.36. The summed E-state index contributed by atoms with van der Waals surface area (Å²) < 4.78 is 5.71. The Kier molecular flexibility index (Phi) is 4.25. The number of hydrogen-bond donors (Lipinski definition) is 2. The molecule has 1 aromatic carbocycles. The molecule has 0 unspecified atom stereocenters. The molecule has 112 valence electrons. The van der Waals surface area contributed by atoms with Gasteiger partial charge in [0.2, 0.25) is 0 Å². The third-order valence-corrected chi connectivity index (χ3v) is 4.04. The van der Waals surface area contributed by atoms with Crippen LogP contribution in [0, 0.1) is 6.92 Å². The number of carbonyl (C=O) groups is 1. The van der Waals surface area contributed by atoms with Gasteiger partial charge in [0.05, 0.1) is 11.4 Å². The lowest BCUT2D eigenvalue weighted by atomic mass is 10.2. The summed E-state index contributed by atoms with van der Waals surface area (Å²) in [5, 5.41) is 7.57. The molecule has 2 heterocycles. The van der Waals surface area contributed by atoms with Crippen LogP contribution < -0.4 is 10.6 Å². The Hall–Kier alpha value is -2.53. The first-order chi connectivity index (χ1) is 10.7. The van der Waals surface area contributed by atoms with Crippen LogP contribution in [0.15, 0.2) is 58.3 Å². The molecule has 0 saturated carbocycles. The molecule has 0 aliphatic heterocycles. The van der Waals surface area contributed by atoms with Crippen LogP contribution in [0.3, 0.4) is 0 Å². The predicted octanol–water partition coefficient (Wildman–Crippen LogP) is 4.64. The van der Waals surface area contributed by atoms with Gasteiger partial charge < -0.3 is 15.1 Å². The summed E-state index contributed by atoms with van der Waals surface area (Å²) >= 11 is 1.62. The van der Waals surface area contributed by atoms with Gasteiger partial charge in [0.25, 0.3) is 0 Å². The van der Waals surface area contributed by atoms with Crippen LogP contribution in [0.2, 0.25) is 0 Å². The molecule has 2 amide bonds. The quantitative estimate of drug-likeness (QED) is 0.737. The van der Waals surface area contributed by atoms with E-state index < -0.39 is 0 Å². The maximum atomic E-state index is 11.8. The van der Waals surface area contributed by atoms with Gasteiger partial charge in [-0.05, 0) is 42.6 Å². The molecule has 3 rings (SSSR count). The Bertz CT molecular complexity index is 745. The van der Waals surface area contributed by atoms with Crippen molar-refractivity contribution in [2.75, 3.05) is 5.32 Å². The molecular weight excluding hydrogens is 296 g/mol. The minimum atomic E-state index is -0.252. The summed E-state index contributed by atoms with van der Waals surface area (Å²) in [5.41, 5.74) is 1.92. The van der Waals surface area contributed by atoms with E-state index in [0.717, 1.165) is 27.6 Å². The standard InChI is InChI=1S/C17H16N2O2S/c1-12-4-6-13(7-5-12)19-17(20)18-11-14-8-9-15(21-14)16-3-2-10-22-16/h2-10H,11H2,1H3,(H2,18,19,20). The molecule has 0 radical (unpaired) electrons. The summed E-state index contributed by atoms with van der Waals surface area (Å²) in [6, 6.07) is 15.2. The number of thiophene rings is 1. The molecule has 0 aliphatic rings. The third-order valence-electron chi connectivity index (χ3n) is 3.16. The van der Waals surface area contributed by atoms with Crippen molar-refractivity contribution in [3.05, 3.63) is 65.2 Å². The topological polar surface area (TPSA) is 54.3 Å². The lowest BCUT2D eigenvalue weighted by Crippen LogP contribution is -2.27. The lowest BCUT2D eigenvalue weighted by molar-refractivity contribution is 0.251. The summed E-state index contributed by atoms with van der Waals surface area (Å²) in [5.74, 6) is 1.55. The van der Waals surface area contributed by atoms with Crippen molar-refractivity contribution in [3.63, 3.8) is 0 Å². The summed E-state index contributed by atoms with van der Waals surface area (Å²) in [7, 11) is 0. The van der Waals surface area contributed by atoms with Crippen molar-refractivity contribution in [2.24, 2.45) is 0 Å². The highest BCUT2D eigenvalue weighted by atomic mass is 32.1. The molecule has 22 heavy (non-hydrogen) atoms. The number of nitrogens with one attached hydrogen (secondary N) is 2. The van der Waals surface area contributed by atoms with E-state index in [4.69, 9.17) is 4.42 Å². The number of benzene rings is 1. The van der Waals surface area contributed by atoms with E-state index in [1.54, 1.807) is 11.3 Å². The van der Waals surface area contributed by atoms with E-state index in [2.05, 4.69) is 10.6 Å². The highest BCUT2D eigenvalue weighted by molar-refractivity contribution is 7.13. The van der Waals surface area contributed by atoms with Crippen LogP contribution in [0.4, 0.5) is 10.5 Å². The van der Waals surface area contributed by atoms with Crippen LogP contribution in [0.5, 0.6) is 0 Å². The van der Waals surface area contributed by atoms with E-state index >= 15 is 0 Å². The predicted molar refractivity (Wildman–Crippen MR) is 89.1 cm³/mol. The Morgan fingerprint density at radius 2 is 1.95 bits per heavy atom. The zero-order valence-corrected chi connectivity index (χ0v) is 12.9. The van der Waals surface area contributed by atoms with Crippen molar-refractivity contribution in [3.8, 4) is 10.6 Å². The summed E-state index contributed by atoms with van der Waals surface area (Å²) in [4.78, 5) is 12.9. The van der Waals surface area contributed by atoms with E-state index in [1.807, 2.05) is 60.8 Å². The average molecular weight is 312 g/mol. The monoisotopic (exact) mass is 312 g/mol. The maximum absolute atomic E-state index is 11.8. The molecule has 0 bridgehead atoms. The lowest BCUT2D eigenvalue weighted by Gasteiger charge is -2.06. The largest absolute Gasteiger partial charge is 0.458 e. The normalized spacial score (nSPS) is 10.4. The van der Waals surface area contributed by atoms with Crippen molar-refractivity contribution >= 4 is 23.1 Å². The van der Waals surface area contributed by atoms with Crippen molar-refractivity contribution < 1.29 is 9.21 Å². The highest BCUT2D eigenvalue weighted by Gasteiger charge is 2.07. The highest BCUT2D eigenvalue weighted by Crippen LogP contribution is 2.26. The Labute approximate surface area is 132 Å². The van der Waals surface area contributed by atoms with E-state index in [-0.39, 0.29) is 6.03 Å². The van der Waals surface area contributed by atoms with Crippen molar-refractivity contribution in [1.29, 1.82) is 0 Å². The first-order valence-electron chi connectivity index (χ1n) is 6.95. The van der Waals surface area contributed by atoms with Crippen LogP contribution >= 0.6 is 11.3 Å². The van der Waals surface area contributed by atoms with Gasteiger partial charge in [-0.1, -0.05) is 23.8 Å². The second-order valence-corrected chi connectivity index (χ2v) is 5.86. The molecule has 0 spiro atoms. The van der Waals surface area contributed by atoms with Gasteiger partial charge in [-0.25, -0.2) is 4.79 Å². The number of aryl methyl sites for hydroxylation is 1. The van der Waals surface area contributed by atoms with Crippen LogP contribution in [-0.2, 0) is 6.54 Å². The van der Waals surface area contributed by atoms with Crippen molar-refractivity contribution in [1.82, 2.24) is 5.32 Å². The molecule has 2 N–H and O–H groups in total. The number of carbonyl (C=O) groups excluding carboxylic acids is 1. The Balaban J connectivity index is 1.54. The number of furan rings is 1. The number of anilines is 1. The molecule has 5 heteroatoms. The van der Waals surface area contributed by atoms with Crippen LogP contribution in [0.25, 0.3) is 10.6 Å². The fourth-order valence-corrected chi connectivity index (χ4v) is 2.69. The number of rotatable bonds is 4. The van der Waals surface area contributed by atoms with Gasteiger partial charge in [0, 0.05) is 5.69 Å². The van der Waals surface area contributed by atoms with Crippen molar-refractivity contribution in [2.45, 2.75) is 13.5 Å². The molecule has 3 aromatic rings. The molecule has 0 aliphatic carbocycles. The average Bonchev–Trinajstić information content (AvgIpc) is 3.18. The van der Waals surface area contributed by atoms with Gasteiger partial charge in [-0.15, -0.1) is 11.3 Å². The van der Waals surface area contributed by atoms with Gasteiger partial charge in [0.15, 0.2) is 0 Å². The molecule has 2 aromatic heterocycles. The minimum absolute atomic E-state index is 0.252. The zero-order chi connectivity index (χ0) is 15.4. The van der Waals surface area contributed by atoms with E-state index in [0.29, 0.717) is 6.54 Å². The Morgan fingerprint density at radius 1 is 1.14 bits per heavy atom. The zero-order valence-electron chi connectivity index (χ0n) is 12.1. The molecular formula is C17H16N2O2S. The molecule has 0 atom stereocenters. The molecule has 0 saturated heterocycles. The molecule has 0 fully saturated rings. The van der Waals surface area contributed by atoms with Gasteiger partial charge in [-0.2, -0.15) is 0 Å². The first-order valence-corrected chi connectivity index (χ1v) is 7.83. The summed E-state index contributed by atoms with van der Waals surface area (Å²) in [6.07, 6.45) is 0. The van der Waals surface area contributed by atoms with E-state index in [9.17, 15) is 4.79 Å². The number of amides is 2. The van der Waals surface area contributed by atoms with Crippen LogP contribution in [0.1, 0.15) is 11.3 Å². The smallest absolute Gasteiger partial charge is 0.319 e. The van der Waals surface area contributed by atoms with Gasteiger partial charge >= 0.3 is 6.03 Å². The molecule has 4 nitrogen and oxygen atoms in total. The second-order valence-electron chi connectivity index (χ2n) is 4.92. The SMILES string of the molecule is Cc1ccc(NC(=O)NCc2ccc(-c3cccs3)o2)cc1.